The third-order valence-electron chi connectivity index (χ3n) is 5.73. The van der Waals surface area contributed by atoms with Gasteiger partial charge in [0.05, 0.1) is 0 Å². The summed E-state index contributed by atoms with van der Waals surface area (Å²) in [6.07, 6.45) is 5.08. The maximum atomic E-state index is 12.6. The zero-order chi connectivity index (χ0) is 24.5. The summed E-state index contributed by atoms with van der Waals surface area (Å²) in [7, 11) is 1.51. The van der Waals surface area contributed by atoms with E-state index in [1.165, 1.54) is 7.11 Å². The molecule has 2 atom stereocenters. The van der Waals surface area contributed by atoms with Crippen LogP contribution in [-0.2, 0) is 19.1 Å². The molecule has 1 aliphatic carbocycles. The number of rotatable bonds is 11. The number of amides is 2. The van der Waals surface area contributed by atoms with Crippen LogP contribution in [-0.4, -0.2) is 55.5 Å². The summed E-state index contributed by atoms with van der Waals surface area (Å²) >= 11 is 0. The van der Waals surface area contributed by atoms with Gasteiger partial charge in [-0.15, -0.1) is 12.3 Å². The quantitative estimate of drug-likeness (QED) is 0.348. The maximum absolute atomic E-state index is 12.6. The van der Waals surface area contributed by atoms with Crippen molar-refractivity contribution in [2.45, 2.75) is 37.3 Å². The molecule has 0 spiro atoms. The highest BCUT2D eigenvalue weighted by atomic mass is 16.5. The largest absolute Gasteiger partial charge is 0.480 e. The number of carbonyl (C=O) groups excluding carboxylic acids is 2. The van der Waals surface area contributed by atoms with Gasteiger partial charge in [0.2, 0.25) is 5.91 Å². The fourth-order valence-electron chi connectivity index (χ4n) is 4.07. The number of carboxylic acids is 1. The lowest BCUT2D eigenvalue weighted by atomic mass is 9.98. The molecule has 0 aromatic heterocycles. The van der Waals surface area contributed by atoms with E-state index in [0.29, 0.717) is 13.0 Å². The molecule has 0 saturated heterocycles. The molecule has 0 fully saturated rings. The maximum Gasteiger partial charge on any atom is 0.407 e. The van der Waals surface area contributed by atoms with E-state index in [2.05, 4.69) is 16.6 Å². The molecule has 0 bridgehead atoms. The third kappa shape index (κ3) is 5.94. The monoisotopic (exact) mass is 464 g/mol. The van der Waals surface area contributed by atoms with Crippen LogP contribution < -0.4 is 10.6 Å². The molecule has 2 aromatic carbocycles. The van der Waals surface area contributed by atoms with E-state index in [-0.39, 0.29) is 25.4 Å². The number of terminal acetylenes is 1. The van der Waals surface area contributed by atoms with Gasteiger partial charge in [-0.2, -0.15) is 0 Å². The number of carbonyl (C=O) groups is 3. The predicted molar refractivity (Wildman–Crippen MR) is 126 cm³/mol. The van der Waals surface area contributed by atoms with Crippen molar-refractivity contribution in [3.05, 3.63) is 59.7 Å². The molecule has 8 nitrogen and oxygen atoms in total. The molecule has 178 valence electrons. The Hall–Kier alpha value is -3.83. The molecule has 3 N–H and O–H groups in total. The zero-order valence-electron chi connectivity index (χ0n) is 19.0. The molecule has 1 aliphatic rings. The second kappa shape index (κ2) is 11.9. The Morgan fingerprint density at radius 1 is 1.03 bits per heavy atom. The van der Waals surface area contributed by atoms with Crippen molar-refractivity contribution >= 4 is 18.0 Å². The fraction of sp³-hybridized carbons (Fsp3) is 0.346. The summed E-state index contributed by atoms with van der Waals surface area (Å²) in [4.78, 5) is 36.6. The molecule has 8 heteroatoms. The summed E-state index contributed by atoms with van der Waals surface area (Å²) in [5.41, 5.74) is 4.33. The summed E-state index contributed by atoms with van der Waals surface area (Å²) in [6, 6.07) is 13.7. The number of carboxylic acid groups (broad SMARTS) is 1. The van der Waals surface area contributed by atoms with Crippen LogP contribution in [0, 0.1) is 12.3 Å². The minimum absolute atomic E-state index is 0.0824. The number of aliphatic carboxylic acids is 1. The molecular weight excluding hydrogens is 436 g/mol. The van der Waals surface area contributed by atoms with Gasteiger partial charge in [-0.3, -0.25) is 4.79 Å². The first kappa shape index (κ1) is 24.8. The van der Waals surface area contributed by atoms with Crippen molar-refractivity contribution in [1.29, 1.82) is 0 Å². The Morgan fingerprint density at radius 3 is 2.21 bits per heavy atom. The van der Waals surface area contributed by atoms with Crippen LogP contribution >= 0.6 is 0 Å². The van der Waals surface area contributed by atoms with Gasteiger partial charge in [0.25, 0.3) is 0 Å². The van der Waals surface area contributed by atoms with E-state index >= 15 is 0 Å². The second-order valence-corrected chi connectivity index (χ2v) is 7.97. The number of fused-ring (bicyclic) bond motifs is 3. The second-order valence-electron chi connectivity index (χ2n) is 7.97. The smallest absolute Gasteiger partial charge is 0.407 e. The molecule has 34 heavy (non-hydrogen) atoms. The predicted octanol–water partition coefficient (Wildman–Crippen LogP) is 2.91. The number of hydrogen-bond donors (Lipinski definition) is 3. The van der Waals surface area contributed by atoms with E-state index in [1.54, 1.807) is 0 Å². The van der Waals surface area contributed by atoms with Crippen LogP contribution in [0.4, 0.5) is 4.79 Å². The fourth-order valence-corrected chi connectivity index (χ4v) is 4.07. The number of hydrogen-bond acceptors (Lipinski definition) is 5. The summed E-state index contributed by atoms with van der Waals surface area (Å²) in [6.45, 7) is 0.449. The van der Waals surface area contributed by atoms with E-state index in [0.717, 1.165) is 22.3 Å². The van der Waals surface area contributed by atoms with Gasteiger partial charge in [-0.1, -0.05) is 48.5 Å². The first-order chi connectivity index (χ1) is 16.5. The van der Waals surface area contributed by atoms with Crippen LogP contribution in [0.5, 0.6) is 0 Å². The highest BCUT2D eigenvalue weighted by Gasteiger charge is 2.30. The molecule has 3 rings (SSSR count). The standard InChI is InChI=1S/C26H28N2O6/c1-3-9-22(24(29)27-23(25(30)31)14-8-15-33-2)28-26(32)34-16-21-19-12-6-4-10-17(19)18-11-5-7-13-20(18)21/h1,4-7,10-13,21-23H,8-9,14-16H2,2H3,(H,27,29)(H,28,32)(H,30,31). The van der Waals surface area contributed by atoms with Crippen molar-refractivity contribution in [3.8, 4) is 23.5 Å². The first-order valence-corrected chi connectivity index (χ1v) is 11.0. The van der Waals surface area contributed by atoms with Gasteiger partial charge < -0.3 is 25.2 Å². The van der Waals surface area contributed by atoms with Crippen molar-refractivity contribution in [3.63, 3.8) is 0 Å². The summed E-state index contributed by atoms with van der Waals surface area (Å²) in [5.74, 6) is 0.344. The van der Waals surface area contributed by atoms with Crippen molar-refractivity contribution in [1.82, 2.24) is 10.6 Å². The number of ether oxygens (including phenoxy) is 2. The molecule has 2 aromatic rings. The van der Waals surface area contributed by atoms with Gasteiger partial charge in [-0.25, -0.2) is 9.59 Å². The van der Waals surface area contributed by atoms with E-state index < -0.39 is 30.1 Å². The number of alkyl carbamates (subject to hydrolysis) is 1. The van der Waals surface area contributed by atoms with Crippen LogP contribution in [0.3, 0.4) is 0 Å². The lowest BCUT2D eigenvalue weighted by Gasteiger charge is -2.21. The number of nitrogens with one attached hydrogen (secondary N) is 2. The van der Waals surface area contributed by atoms with E-state index in [9.17, 15) is 19.5 Å². The molecule has 2 amide bonds. The minimum Gasteiger partial charge on any atom is -0.480 e. The normalized spacial score (nSPS) is 13.6. The average Bonchev–Trinajstić information content (AvgIpc) is 3.15. The molecular formula is C26H28N2O6. The van der Waals surface area contributed by atoms with E-state index in [4.69, 9.17) is 15.9 Å². The lowest BCUT2D eigenvalue weighted by Crippen LogP contribution is -2.51. The Labute approximate surface area is 198 Å². The topological polar surface area (TPSA) is 114 Å². The van der Waals surface area contributed by atoms with Gasteiger partial charge >= 0.3 is 12.1 Å². The SMILES string of the molecule is C#CCC(NC(=O)OCC1c2ccccc2-c2ccccc21)C(=O)NC(CCCOC)C(=O)O. The molecule has 0 radical (unpaired) electrons. The Balaban J connectivity index is 1.61. The van der Waals surface area contributed by atoms with Crippen molar-refractivity contribution in [2.24, 2.45) is 0 Å². The van der Waals surface area contributed by atoms with Crippen LogP contribution in [0.25, 0.3) is 11.1 Å². The Morgan fingerprint density at radius 2 is 1.65 bits per heavy atom. The lowest BCUT2D eigenvalue weighted by molar-refractivity contribution is -0.142. The zero-order valence-corrected chi connectivity index (χ0v) is 19.0. The summed E-state index contributed by atoms with van der Waals surface area (Å²) < 4.78 is 10.4. The van der Waals surface area contributed by atoms with Crippen LogP contribution in [0.2, 0.25) is 0 Å². The highest BCUT2D eigenvalue weighted by Crippen LogP contribution is 2.44. The van der Waals surface area contributed by atoms with Gasteiger partial charge in [0.15, 0.2) is 0 Å². The van der Waals surface area contributed by atoms with Gasteiger partial charge in [-0.05, 0) is 35.1 Å². The third-order valence-corrected chi connectivity index (χ3v) is 5.73. The van der Waals surface area contributed by atoms with Gasteiger partial charge in [0.1, 0.15) is 18.7 Å². The summed E-state index contributed by atoms with van der Waals surface area (Å²) in [5, 5.41) is 14.3. The van der Waals surface area contributed by atoms with Gasteiger partial charge in [0, 0.05) is 26.1 Å². The Bertz CT molecular complexity index is 1030. The molecule has 0 saturated carbocycles. The number of methoxy groups -OCH3 is 1. The van der Waals surface area contributed by atoms with E-state index in [1.807, 2.05) is 48.5 Å². The van der Waals surface area contributed by atoms with Crippen molar-refractivity contribution < 1.29 is 29.0 Å². The molecule has 0 aliphatic heterocycles. The highest BCUT2D eigenvalue weighted by molar-refractivity contribution is 5.89. The minimum atomic E-state index is -1.18. The number of benzene rings is 2. The average molecular weight is 465 g/mol. The Kier molecular flexibility index (Phi) is 8.66. The van der Waals surface area contributed by atoms with Crippen LogP contribution in [0.1, 0.15) is 36.3 Å². The van der Waals surface area contributed by atoms with Crippen molar-refractivity contribution in [2.75, 3.05) is 20.3 Å². The molecule has 0 heterocycles. The first-order valence-electron chi connectivity index (χ1n) is 11.0. The van der Waals surface area contributed by atoms with Crippen LogP contribution in [0.15, 0.2) is 48.5 Å². The molecule has 2 unspecified atom stereocenters.